The molecule has 0 atom stereocenters. The fraction of sp³-hybridized carbons (Fsp3) is 0.458. The molecule has 0 aliphatic heterocycles. The molecule has 4 aliphatic carbocycles. The number of nitrogens with zero attached hydrogens (tertiary/aromatic N) is 1. The Hall–Kier alpha value is -2.49. The van der Waals surface area contributed by atoms with Gasteiger partial charge in [0.05, 0.1) is 5.52 Å². The molecule has 0 unspecified atom stereocenters. The Morgan fingerprint density at radius 2 is 1.71 bits per heavy atom. The Morgan fingerprint density at radius 3 is 2.43 bits per heavy atom. The van der Waals surface area contributed by atoms with E-state index in [0.717, 1.165) is 35.7 Å². The standard InChI is InChI=1S/C24H25NO3/c26-21(24-12-16-9-17(13-24)11-18(10-16)14-24)15-28-22(27)7-6-20-4-1-3-19-5-2-8-25-23(19)20/h1-8,16-18H,9-15H2/b7-6+. The van der Waals surface area contributed by atoms with Crippen molar-refractivity contribution in [2.24, 2.45) is 23.2 Å². The van der Waals surface area contributed by atoms with Gasteiger partial charge < -0.3 is 4.74 Å². The highest BCUT2D eigenvalue weighted by molar-refractivity contribution is 5.94. The molecule has 4 nitrogen and oxygen atoms in total. The third-order valence-electron chi connectivity index (χ3n) is 7.04. The van der Waals surface area contributed by atoms with E-state index in [4.69, 9.17) is 4.74 Å². The minimum Gasteiger partial charge on any atom is -0.455 e. The number of hydrogen-bond donors (Lipinski definition) is 0. The smallest absolute Gasteiger partial charge is 0.331 e. The molecular weight excluding hydrogens is 350 g/mol. The van der Waals surface area contributed by atoms with Gasteiger partial charge in [-0.3, -0.25) is 9.78 Å². The molecule has 2 aromatic rings. The van der Waals surface area contributed by atoms with Gasteiger partial charge in [0.2, 0.25) is 0 Å². The Morgan fingerprint density at radius 1 is 1.04 bits per heavy atom. The Kier molecular flexibility index (Phi) is 4.30. The molecule has 4 fully saturated rings. The molecule has 144 valence electrons. The summed E-state index contributed by atoms with van der Waals surface area (Å²) in [6, 6.07) is 9.72. The van der Waals surface area contributed by atoms with Crippen LogP contribution in [-0.2, 0) is 14.3 Å². The number of para-hydroxylation sites is 1. The van der Waals surface area contributed by atoms with Crippen LogP contribution in [0.4, 0.5) is 0 Å². The summed E-state index contributed by atoms with van der Waals surface area (Å²) in [6.07, 6.45) is 11.8. The molecule has 4 heteroatoms. The van der Waals surface area contributed by atoms with Crippen molar-refractivity contribution in [3.05, 3.63) is 48.2 Å². The molecule has 0 radical (unpaired) electrons. The molecule has 1 heterocycles. The number of Topliss-reactive ketones (excluding diaryl/α,β-unsaturated/α-hetero) is 1. The number of pyridine rings is 1. The first-order chi connectivity index (χ1) is 13.6. The fourth-order valence-corrected chi connectivity index (χ4v) is 6.21. The van der Waals surface area contributed by atoms with Crippen molar-refractivity contribution in [2.75, 3.05) is 6.61 Å². The van der Waals surface area contributed by atoms with E-state index in [1.165, 1.54) is 25.3 Å². The molecule has 0 spiro atoms. The first-order valence-corrected chi connectivity index (χ1v) is 10.3. The van der Waals surface area contributed by atoms with Crippen LogP contribution in [0.1, 0.15) is 44.1 Å². The van der Waals surface area contributed by atoms with Gasteiger partial charge in [-0.15, -0.1) is 0 Å². The summed E-state index contributed by atoms with van der Waals surface area (Å²) < 4.78 is 5.33. The molecule has 28 heavy (non-hydrogen) atoms. The van der Waals surface area contributed by atoms with Crippen molar-refractivity contribution in [1.82, 2.24) is 4.98 Å². The molecule has 4 aliphatic rings. The van der Waals surface area contributed by atoms with Gasteiger partial charge >= 0.3 is 5.97 Å². The van der Waals surface area contributed by atoms with Gasteiger partial charge in [-0.2, -0.15) is 0 Å². The highest BCUT2D eigenvalue weighted by Gasteiger charge is 2.54. The van der Waals surface area contributed by atoms with Crippen LogP contribution in [0.25, 0.3) is 17.0 Å². The zero-order chi connectivity index (χ0) is 19.1. The summed E-state index contributed by atoms with van der Waals surface area (Å²) in [7, 11) is 0. The lowest BCUT2D eigenvalue weighted by Crippen LogP contribution is -2.51. The predicted molar refractivity (Wildman–Crippen MR) is 107 cm³/mol. The highest BCUT2D eigenvalue weighted by atomic mass is 16.5. The van der Waals surface area contributed by atoms with Gasteiger partial charge in [0, 0.05) is 28.6 Å². The number of fused-ring (bicyclic) bond motifs is 1. The van der Waals surface area contributed by atoms with E-state index in [1.807, 2.05) is 30.3 Å². The Bertz CT molecular complexity index is 921. The number of aromatic nitrogens is 1. The van der Waals surface area contributed by atoms with E-state index >= 15 is 0 Å². The van der Waals surface area contributed by atoms with Gasteiger partial charge in [-0.1, -0.05) is 24.3 Å². The van der Waals surface area contributed by atoms with Crippen molar-refractivity contribution in [2.45, 2.75) is 38.5 Å². The third kappa shape index (κ3) is 3.15. The number of esters is 1. The van der Waals surface area contributed by atoms with E-state index < -0.39 is 5.97 Å². The third-order valence-corrected chi connectivity index (χ3v) is 7.04. The molecular formula is C24H25NO3. The van der Waals surface area contributed by atoms with Crippen LogP contribution in [0.5, 0.6) is 0 Å². The number of hydrogen-bond acceptors (Lipinski definition) is 4. The quantitative estimate of drug-likeness (QED) is 0.567. The van der Waals surface area contributed by atoms with Gasteiger partial charge in [0.25, 0.3) is 0 Å². The second kappa shape index (κ2) is 6.84. The number of ketones is 1. The van der Waals surface area contributed by atoms with Gasteiger partial charge in [-0.05, 0) is 68.4 Å². The first kappa shape index (κ1) is 17.6. The van der Waals surface area contributed by atoms with E-state index in [2.05, 4.69) is 4.98 Å². The molecule has 1 aromatic carbocycles. The molecule has 1 aromatic heterocycles. The van der Waals surface area contributed by atoms with Gasteiger partial charge in [0.15, 0.2) is 12.4 Å². The van der Waals surface area contributed by atoms with Crippen molar-refractivity contribution in [3.63, 3.8) is 0 Å². The molecule has 6 rings (SSSR count). The molecule has 0 N–H and O–H groups in total. The maximum atomic E-state index is 12.9. The van der Waals surface area contributed by atoms with Crippen LogP contribution in [0.3, 0.4) is 0 Å². The van der Waals surface area contributed by atoms with Crippen LogP contribution < -0.4 is 0 Å². The van der Waals surface area contributed by atoms with Crippen molar-refractivity contribution >= 4 is 28.7 Å². The monoisotopic (exact) mass is 375 g/mol. The summed E-state index contributed by atoms with van der Waals surface area (Å²) in [6.45, 7) is -0.0941. The summed E-state index contributed by atoms with van der Waals surface area (Å²) in [5.74, 6) is 1.81. The van der Waals surface area contributed by atoms with Crippen LogP contribution in [0.15, 0.2) is 42.6 Å². The van der Waals surface area contributed by atoms with Crippen molar-refractivity contribution in [3.8, 4) is 0 Å². The van der Waals surface area contributed by atoms with Crippen LogP contribution in [0, 0.1) is 23.2 Å². The van der Waals surface area contributed by atoms with Crippen LogP contribution in [-0.4, -0.2) is 23.3 Å². The van der Waals surface area contributed by atoms with Crippen molar-refractivity contribution < 1.29 is 14.3 Å². The summed E-state index contributed by atoms with van der Waals surface area (Å²) in [5, 5.41) is 1.02. The average Bonchev–Trinajstić information content (AvgIpc) is 2.69. The molecule has 4 bridgehead atoms. The average molecular weight is 375 g/mol. The lowest BCUT2D eigenvalue weighted by Gasteiger charge is -2.55. The topological polar surface area (TPSA) is 56.3 Å². The maximum absolute atomic E-state index is 12.9. The van der Waals surface area contributed by atoms with E-state index in [-0.39, 0.29) is 17.8 Å². The number of ether oxygens (including phenoxy) is 1. The number of carbonyl (C=O) groups excluding carboxylic acids is 2. The van der Waals surface area contributed by atoms with E-state index in [0.29, 0.717) is 17.8 Å². The molecule has 0 saturated heterocycles. The largest absolute Gasteiger partial charge is 0.455 e. The SMILES string of the molecule is O=C(/C=C/c1cccc2cccnc12)OCC(=O)C12CC3CC(CC(C3)C1)C2. The maximum Gasteiger partial charge on any atom is 0.331 e. The van der Waals surface area contributed by atoms with E-state index in [9.17, 15) is 9.59 Å². The van der Waals surface area contributed by atoms with Gasteiger partial charge in [0.1, 0.15) is 0 Å². The fourth-order valence-electron chi connectivity index (χ4n) is 6.21. The first-order valence-electron chi connectivity index (χ1n) is 10.3. The minimum absolute atomic E-state index is 0.0941. The lowest BCUT2D eigenvalue weighted by molar-refractivity contribution is -0.155. The number of rotatable bonds is 5. The number of carbonyl (C=O) groups is 2. The zero-order valence-electron chi connectivity index (χ0n) is 16.0. The van der Waals surface area contributed by atoms with Crippen LogP contribution in [0.2, 0.25) is 0 Å². The molecule has 0 amide bonds. The second-order valence-electron chi connectivity index (χ2n) is 8.98. The normalized spacial score (nSPS) is 30.8. The highest BCUT2D eigenvalue weighted by Crippen LogP contribution is 2.60. The Labute approximate surface area is 165 Å². The minimum atomic E-state index is -0.467. The zero-order valence-corrected chi connectivity index (χ0v) is 16.0. The summed E-state index contributed by atoms with van der Waals surface area (Å²) >= 11 is 0. The van der Waals surface area contributed by atoms with Gasteiger partial charge in [-0.25, -0.2) is 4.79 Å². The second-order valence-corrected chi connectivity index (χ2v) is 8.98. The summed E-state index contributed by atoms with van der Waals surface area (Å²) in [4.78, 5) is 29.5. The van der Waals surface area contributed by atoms with Crippen molar-refractivity contribution in [1.29, 1.82) is 0 Å². The number of benzene rings is 1. The lowest BCUT2D eigenvalue weighted by atomic mass is 9.48. The summed E-state index contributed by atoms with van der Waals surface area (Å²) in [5.41, 5.74) is 1.50. The molecule has 4 saturated carbocycles. The Balaban J connectivity index is 1.23. The predicted octanol–water partition coefficient (Wildman–Crippen LogP) is 4.58. The van der Waals surface area contributed by atoms with Crippen LogP contribution >= 0.6 is 0 Å². The van der Waals surface area contributed by atoms with E-state index in [1.54, 1.807) is 12.3 Å².